The molecule has 3 N–H and O–H groups in total. The summed E-state index contributed by atoms with van der Waals surface area (Å²) in [5.41, 5.74) is 4.54. The van der Waals surface area contributed by atoms with E-state index < -0.39 is 18.1 Å². The number of ether oxygens (including phenoxy) is 1. The number of alkyl carbamates (subject to hydrolysis) is 1. The average molecular weight is 478 g/mol. The number of fused-ring (bicyclic) bond motifs is 3. The van der Waals surface area contributed by atoms with E-state index in [9.17, 15) is 14.4 Å². The molecule has 9 heteroatoms. The van der Waals surface area contributed by atoms with E-state index in [4.69, 9.17) is 9.84 Å². The topological polar surface area (TPSA) is 118 Å². The Morgan fingerprint density at radius 2 is 1.71 bits per heavy atom. The number of nitrogens with one attached hydrogen (secondary N) is 2. The van der Waals surface area contributed by atoms with Crippen LogP contribution in [-0.2, 0) is 16.1 Å². The van der Waals surface area contributed by atoms with Crippen LogP contribution in [0.1, 0.15) is 44.6 Å². The van der Waals surface area contributed by atoms with Gasteiger partial charge in [-0.15, -0.1) is 11.3 Å². The fourth-order valence-corrected chi connectivity index (χ4v) is 5.05. The van der Waals surface area contributed by atoms with Gasteiger partial charge in [0.1, 0.15) is 22.5 Å². The molecule has 1 fully saturated rings. The van der Waals surface area contributed by atoms with Crippen LogP contribution in [0.5, 0.6) is 0 Å². The Morgan fingerprint density at radius 3 is 2.29 bits per heavy atom. The smallest absolute Gasteiger partial charge is 0.407 e. The molecular weight excluding hydrogens is 454 g/mol. The van der Waals surface area contributed by atoms with Gasteiger partial charge in [-0.25, -0.2) is 14.6 Å². The van der Waals surface area contributed by atoms with Gasteiger partial charge in [0, 0.05) is 5.92 Å². The van der Waals surface area contributed by atoms with E-state index in [1.807, 2.05) is 24.3 Å². The van der Waals surface area contributed by atoms with Gasteiger partial charge in [-0.3, -0.25) is 4.79 Å². The number of hydrogen-bond acceptors (Lipinski definition) is 6. The lowest BCUT2D eigenvalue weighted by molar-refractivity contribution is -0.123. The summed E-state index contributed by atoms with van der Waals surface area (Å²) in [6.45, 7) is 0.280. The van der Waals surface area contributed by atoms with Crippen LogP contribution in [0.2, 0.25) is 0 Å². The summed E-state index contributed by atoms with van der Waals surface area (Å²) >= 11 is 1.01. The maximum Gasteiger partial charge on any atom is 0.407 e. The number of aromatic carboxylic acids is 1. The largest absolute Gasteiger partial charge is 0.477 e. The number of rotatable bonds is 8. The number of hydrogen-bond donors (Lipinski definition) is 3. The lowest BCUT2D eigenvalue weighted by atomic mass is 9.98. The minimum atomic E-state index is -1.05. The van der Waals surface area contributed by atoms with Crippen molar-refractivity contribution < 1.29 is 24.2 Å². The molecule has 1 heterocycles. The van der Waals surface area contributed by atoms with Crippen molar-refractivity contribution in [3.8, 4) is 11.1 Å². The lowest BCUT2D eigenvalue weighted by Gasteiger charge is -2.19. The summed E-state index contributed by atoms with van der Waals surface area (Å²) in [7, 11) is 0. The average Bonchev–Trinajstić information content (AvgIpc) is 3.48. The molecule has 2 aliphatic carbocycles. The number of carboxylic acids is 1. The van der Waals surface area contributed by atoms with E-state index in [-0.39, 0.29) is 35.8 Å². The summed E-state index contributed by atoms with van der Waals surface area (Å²) in [4.78, 5) is 40.5. The van der Waals surface area contributed by atoms with E-state index >= 15 is 0 Å². The fraction of sp³-hybridized carbons (Fsp3) is 0.280. The Morgan fingerprint density at radius 1 is 1.06 bits per heavy atom. The molecule has 34 heavy (non-hydrogen) atoms. The predicted octanol–water partition coefficient (Wildman–Crippen LogP) is 3.77. The van der Waals surface area contributed by atoms with Crippen LogP contribution in [0.4, 0.5) is 4.79 Å². The molecule has 2 amide bonds. The highest BCUT2D eigenvalue weighted by Crippen LogP contribution is 2.44. The molecule has 0 saturated heterocycles. The number of aromatic nitrogens is 1. The Bertz CT molecular complexity index is 1210. The van der Waals surface area contributed by atoms with Gasteiger partial charge in [0.05, 0.1) is 12.7 Å². The van der Waals surface area contributed by atoms with Gasteiger partial charge < -0.3 is 20.5 Å². The van der Waals surface area contributed by atoms with Gasteiger partial charge in [-0.05, 0) is 41.0 Å². The first-order valence-electron chi connectivity index (χ1n) is 11.1. The number of nitrogens with zero attached hydrogens (tertiary/aromatic N) is 1. The number of amides is 2. The third kappa shape index (κ3) is 4.51. The predicted molar refractivity (Wildman–Crippen MR) is 126 cm³/mol. The summed E-state index contributed by atoms with van der Waals surface area (Å²) in [6.07, 6.45) is 2.34. The van der Waals surface area contributed by atoms with Gasteiger partial charge in [0.15, 0.2) is 0 Å². The number of benzene rings is 2. The number of carbonyl (C=O) groups is 3. The number of carboxylic acid groups (broad SMARTS) is 1. The monoisotopic (exact) mass is 477 g/mol. The molecule has 0 spiro atoms. The van der Waals surface area contributed by atoms with Crippen LogP contribution in [0, 0.1) is 5.92 Å². The zero-order valence-electron chi connectivity index (χ0n) is 18.2. The van der Waals surface area contributed by atoms with Crippen LogP contribution in [0.3, 0.4) is 0 Å². The van der Waals surface area contributed by atoms with Crippen LogP contribution in [-0.4, -0.2) is 40.7 Å². The van der Waals surface area contributed by atoms with E-state index in [1.54, 1.807) is 0 Å². The zero-order valence-corrected chi connectivity index (χ0v) is 19.0. The highest BCUT2D eigenvalue weighted by atomic mass is 32.1. The van der Waals surface area contributed by atoms with E-state index in [0.717, 1.165) is 46.4 Å². The van der Waals surface area contributed by atoms with Crippen molar-refractivity contribution in [1.82, 2.24) is 15.6 Å². The van der Waals surface area contributed by atoms with Gasteiger partial charge >= 0.3 is 12.1 Å². The fourth-order valence-electron chi connectivity index (χ4n) is 4.36. The lowest BCUT2D eigenvalue weighted by Crippen LogP contribution is -2.48. The molecule has 0 aliphatic heterocycles. The normalized spacial score (nSPS) is 15.2. The van der Waals surface area contributed by atoms with E-state index in [2.05, 4.69) is 39.9 Å². The first-order chi connectivity index (χ1) is 16.5. The molecule has 3 aromatic rings. The minimum Gasteiger partial charge on any atom is -0.477 e. The minimum absolute atomic E-state index is 0.0558. The molecule has 174 valence electrons. The van der Waals surface area contributed by atoms with Gasteiger partial charge in [-0.1, -0.05) is 48.5 Å². The number of thiazole rings is 1. The van der Waals surface area contributed by atoms with Crippen molar-refractivity contribution in [2.45, 2.75) is 31.3 Å². The molecule has 5 rings (SSSR count). The number of carbonyl (C=O) groups excluding carboxylic acids is 2. The quantitative estimate of drug-likeness (QED) is 0.455. The first kappa shape index (κ1) is 22.1. The Labute approximate surface area is 200 Å². The van der Waals surface area contributed by atoms with Crippen LogP contribution < -0.4 is 10.6 Å². The molecular formula is C25H23N3O5S. The van der Waals surface area contributed by atoms with E-state index in [1.165, 1.54) is 6.20 Å². The van der Waals surface area contributed by atoms with Crippen LogP contribution in [0.25, 0.3) is 11.1 Å². The molecule has 0 radical (unpaired) electrons. The zero-order chi connectivity index (χ0) is 23.7. The van der Waals surface area contributed by atoms with Crippen LogP contribution in [0.15, 0.2) is 54.7 Å². The Balaban J connectivity index is 1.19. The third-order valence-electron chi connectivity index (χ3n) is 6.17. The van der Waals surface area contributed by atoms with Crippen molar-refractivity contribution in [3.05, 3.63) is 75.7 Å². The molecule has 8 nitrogen and oxygen atoms in total. The SMILES string of the molecule is O=C(NC(C(=O)NCc1ncc(C(=O)O)s1)C1CC1)OCC1c2ccccc2-c2ccccc21. The van der Waals surface area contributed by atoms with Crippen molar-refractivity contribution >= 4 is 29.3 Å². The second kappa shape index (κ2) is 9.26. The van der Waals surface area contributed by atoms with Crippen LogP contribution >= 0.6 is 11.3 Å². The van der Waals surface area contributed by atoms with Gasteiger partial charge in [-0.2, -0.15) is 0 Å². The summed E-state index contributed by atoms with van der Waals surface area (Å²) in [6, 6.07) is 15.5. The van der Waals surface area contributed by atoms with Crippen molar-refractivity contribution in [2.75, 3.05) is 6.61 Å². The maximum atomic E-state index is 12.7. The highest BCUT2D eigenvalue weighted by molar-refractivity contribution is 7.13. The first-order valence-corrected chi connectivity index (χ1v) is 11.9. The van der Waals surface area contributed by atoms with Crippen molar-refractivity contribution in [3.63, 3.8) is 0 Å². The molecule has 1 saturated carbocycles. The summed E-state index contributed by atoms with van der Waals surface area (Å²) < 4.78 is 5.59. The molecule has 1 aromatic heterocycles. The standard InChI is InChI=1S/C25H23N3O5S/c29-23(27-12-21-26-11-20(34-21)24(30)31)22(14-9-10-14)28-25(32)33-13-19-17-7-3-1-5-15(17)16-6-2-4-8-18(16)19/h1-8,11,14,19,22H,9-10,12-13H2,(H,27,29)(H,28,32)(H,30,31). The second-order valence-corrected chi connectivity index (χ2v) is 9.54. The van der Waals surface area contributed by atoms with E-state index in [0.29, 0.717) is 5.01 Å². The summed E-state index contributed by atoms with van der Waals surface area (Å²) in [5.74, 6) is -1.38. The van der Waals surface area contributed by atoms with Crippen molar-refractivity contribution in [2.24, 2.45) is 5.92 Å². The molecule has 2 aliphatic rings. The Kier molecular flexibility index (Phi) is 6.02. The van der Waals surface area contributed by atoms with Gasteiger partial charge in [0.25, 0.3) is 0 Å². The van der Waals surface area contributed by atoms with Gasteiger partial charge in [0.2, 0.25) is 5.91 Å². The molecule has 0 bridgehead atoms. The molecule has 1 unspecified atom stereocenters. The third-order valence-corrected chi connectivity index (χ3v) is 7.16. The highest BCUT2D eigenvalue weighted by Gasteiger charge is 2.38. The summed E-state index contributed by atoms with van der Waals surface area (Å²) in [5, 5.41) is 15.0. The Hall–Kier alpha value is -3.72. The molecule has 2 aromatic carbocycles. The second-order valence-electron chi connectivity index (χ2n) is 8.43. The molecule has 1 atom stereocenters. The maximum absolute atomic E-state index is 12.7. The van der Waals surface area contributed by atoms with Crippen molar-refractivity contribution in [1.29, 1.82) is 0 Å².